The summed E-state index contributed by atoms with van der Waals surface area (Å²) >= 11 is 0. The van der Waals surface area contributed by atoms with E-state index in [-0.39, 0.29) is 0 Å². The van der Waals surface area contributed by atoms with Gasteiger partial charge in [-0.1, -0.05) is 48.5 Å². The number of benzene rings is 2. The zero-order valence-corrected chi connectivity index (χ0v) is 11.6. The first kappa shape index (κ1) is 13.9. The Morgan fingerprint density at radius 1 is 1.05 bits per heavy atom. The Labute approximate surface area is 127 Å². The van der Waals surface area contributed by atoms with Gasteiger partial charge in [0.05, 0.1) is 0 Å². The quantitative estimate of drug-likeness (QED) is 0.797. The van der Waals surface area contributed by atoms with Gasteiger partial charge in [0.15, 0.2) is 0 Å². The fraction of sp³-hybridized carbons (Fsp3) is 0.0588. The van der Waals surface area contributed by atoms with E-state index in [1.165, 1.54) is 0 Å². The van der Waals surface area contributed by atoms with E-state index in [1.807, 2.05) is 48.5 Å². The highest BCUT2D eigenvalue weighted by Gasteiger charge is 2.25. The van der Waals surface area contributed by atoms with Crippen LogP contribution in [0.25, 0.3) is 5.57 Å². The van der Waals surface area contributed by atoms with Crippen LogP contribution in [-0.4, -0.2) is 23.1 Å². The lowest BCUT2D eigenvalue weighted by Gasteiger charge is -2.11. The summed E-state index contributed by atoms with van der Waals surface area (Å²) in [5, 5.41) is 13.9. The number of carbonyl (C=O) groups excluding carboxylic acids is 1. The highest BCUT2D eigenvalue weighted by atomic mass is 16.4. The van der Waals surface area contributed by atoms with Crippen LogP contribution in [0.3, 0.4) is 0 Å². The van der Waals surface area contributed by atoms with Gasteiger partial charge in [0.1, 0.15) is 6.04 Å². The van der Waals surface area contributed by atoms with E-state index in [0.29, 0.717) is 5.69 Å². The van der Waals surface area contributed by atoms with Crippen LogP contribution in [0.1, 0.15) is 11.1 Å². The molecule has 110 valence electrons. The van der Waals surface area contributed by atoms with Crippen molar-refractivity contribution in [1.29, 1.82) is 0 Å². The molecule has 1 heterocycles. The second kappa shape index (κ2) is 5.73. The van der Waals surface area contributed by atoms with Crippen LogP contribution >= 0.6 is 0 Å². The fourth-order valence-corrected chi connectivity index (χ4v) is 2.48. The van der Waals surface area contributed by atoms with Gasteiger partial charge < -0.3 is 15.7 Å². The number of para-hydroxylation sites is 1. The standard InChI is InChI=1S/C17H14N2O3/c20-16-15(19-17(21)22)10-13(11-6-2-1-3-7-11)12-8-4-5-9-14(12)18-16/h1-10,15,19H,(H,18,20)(H,21,22). The molecule has 3 N–H and O–H groups in total. The predicted octanol–water partition coefficient (Wildman–Crippen LogP) is 2.71. The maximum absolute atomic E-state index is 12.2. The number of hydrogen-bond acceptors (Lipinski definition) is 2. The Kier molecular flexibility index (Phi) is 3.62. The van der Waals surface area contributed by atoms with Crippen molar-refractivity contribution in [3.8, 4) is 0 Å². The molecule has 2 aromatic carbocycles. The largest absolute Gasteiger partial charge is 0.465 e. The van der Waals surface area contributed by atoms with Gasteiger partial charge in [-0.3, -0.25) is 4.79 Å². The predicted molar refractivity (Wildman–Crippen MR) is 83.5 cm³/mol. The van der Waals surface area contributed by atoms with Crippen LogP contribution in [0, 0.1) is 0 Å². The fourth-order valence-electron chi connectivity index (χ4n) is 2.48. The molecule has 5 nitrogen and oxygen atoms in total. The summed E-state index contributed by atoms with van der Waals surface area (Å²) in [6.45, 7) is 0. The first-order chi connectivity index (χ1) is 10.6. The van der Waals surface area contributed by atoms with Gasteiger partial charge in [0.25, 0.3) is 5.91 Å². The lowest BCUT2D eigenvalue weighted by atomic mass is 9.96. The molecule has 0 aromatic heterocycles. The van der Waals surface area contributed by atoms with Gasteiger partial charge in [-0.2, -0.15) is 0 Å². The Bertz CT molecular complexity index is 754. The third-order valence-electron chi connectivity index (χ3n) is 3.45. The molecule has 0 saturated carbocycles. The molecule has 2 amide bonds. The summed E-state index contributed by atoms with van der Waals surface area (Å²) in [4.78, 5) is 23.1. The van der Waals surface area contributed by atoms with E-state index in [9.17, 15) is 9.59 Å². The maximum Gasteiger partial charge on any atom is 0.405 e. The molecule has 0 spiro atoms. The SMILES string of the molecule is O=C(O)NC1C=C(c2ccccc2)c2ccccc2NC1=O. The first-order valence-electron chi connectivity index (χ1n) is 6.82. The minimum atomic E-state index is -1.24. The lowest BCUT2D eigenvalue weighted by Crippen LogP contribution is -2.41. The van der Waals surface area contributed by atoms with Crippen LogP contribution in [0.4, 0.5) is 10.5 Å². The van der Waals surface area contributed by atoms with Crippen LogP contribution in [0.15, 0.2) is 60.7 Å². The van der Waals surface area contributed by atoms with Crippen molar-refractivity contribution in [2.24, 2.45) is 0 Å². The number of fused-ring (bicyclic) bond motifs is 1. The summed E-state index contributed by atoms with van der Waals surface area (Å²) in [7, 11) is 0. The molecule has 0 radical (unpaired) electrons. The number of amides is 2. The monoisotopic (exact) mass is 294 g/mol. The minimum Gasteiger partial charge on any atom is -0.465 e. The van der Waals surface area contributed by atoms with Crippen molar-refractivity contribution in [2.45, 2.75) is 6.04 Å². The summed E-state index contributed by atoms with van der Waals surface area (Å²) < 4.78 is 0. The third kappa shape index (κ3) is 2.69. The van der Waals surface area contributed by atoms with E-state index in [0.717, 1.165) is 16.7 Å². The average molecular weight is 294 g/mol. The van der Waals surface area contributed by atoms with Crippen molar-refractivity contribution in [3.05, 3.63) is 71.8 Å². The Morgan fingerprint density at radius 3 is 2.45 bits per heavy atom. The molecule has 0 fully saturated rings. The van der Waals surface area contributed by atoms with Gasteiger partial charge in [0.2, 0.25) is 0 Å². The third-order valence-corrected chi connectivity index (χ3v) is 3.45. The number of anilines is 1. The van der Waals surface area contributed by atoms with Crippen molar-refractivity contribution < 1.29 is 14.7 Å². The van der Waals surface area contributed by atoms with E-state index in [2.05, 4.69) is 10.6 Å². The summed E-state index contributed by atoms with van der Waals surface area (Å²) in [6.07, 6.45) is 0.403. The maximum atomic E-state index is 12.2. The highest BCUT2D eigenvalue weighted by molar-refractivity contribution is 6.05. The zero-order chi connectivity index (χ0) is 15.5. The Hall–Kier alpha value is -3.08. The van der Waals surface area contributed by atoms with E-state index >= 15 is 0 Å². The molecule has 0 saturated heterocycles. The highest BCUT2D eigenvalue weighted by Crippen LogP contribution is 2.32. The molecular weight excluding hydrogens is 280 g/mol. The molecule has 22 heavy (non-hydrogen) atoms. The smallest absolute Gasteiger partial charge is 0.405 e. The number of carboxylic acid groups (broad SMARTS) is 1. The molecule has 0 bridgehead atoms. The molecular formula is C17H14N2O3. The van der Waals surface area contributed by atoms with Gasteiger partial charge in [-0.05, 0) is 23.3 Å². The number of hydrogen-bond donors (Lipinski definition) is 3. The van der Waals surface area contributed by atoms with Crippen LogP contribution in [0.2, 0.25) is 0 Å². The van der Waals surface area contributed by atoms with Crippen LogP contribution in [-0.2, 0) is 4.79 Å². The summed E-state index contributed by atoms with van der Waals surface area (Å²) in [5.41, 5.74) is 3.26. The molecule has 1 atom stereocenters. The normalized spacial score (nSPS) is 16.8. The van der Waals surface area contributed by atoms with Crippen molar-refractivity contribution >= 4 is 23.3 Å². The molecule has 0 aliphatic carbocycles. The van der Waals surface area contributed by atoms with E-state index in [4.69, 9.17) is 5.11 Å². The molecule has 5 heteroatoms. The number of nitrogens with one attached hydrogen (secondary N) is 2. The molecule has 1 aliphatic heterocycles. The van der Waals surface area contributed by atoms with E-state index < -0.39 is 18.0 Å². The van der Waals surface area contributed by atoms with Gasteiger partial charge in [0, 0.05) is 11.3 Å². The molecule has 1 aliphatic rings. The lowest BCUT2D eigenvalue weighted by molar-refractivity contribution is -0.117. The molecule has 2 aromatic rings. The number of rotatable bonds is 2. The first-order valence-corrected chi connectivity index (χ1v) is 6.82. The van der Waals surface area contributed by atoms with Crippen LogP contribution in [0.5, 0.6) is 0 Å². The van der Waals surface area contributed by atoms with Crippen molar-refractivity contribution in [3.63, 3.8) is 0 Å². The van der Waals surface area contributed by atoms with Gasteiger partial charge in [-0.25, -0.2) is 4.79 Å². The second-order valence-corrected chi connectivity index (χ2v) is 4.91. The topological polar surface area (TPSA) is 78.4 Å². The zero-order valence-electron chi connectivity index (χ0n) is 11.6. The van der Waals surface area contributed by atoms with E-state index in [1.54, 1.807) is 12.1 Å². The van der Waals surface area contributed by atoms with Gasteiger partial charge in [-0.15, -0.1) is 0 Å². The van der Waals surface area contributed by atoms with Crippen LogP contribution < -0.4 is 10.6 Å². The molecule has 3 rings (SSSR count). The summed E-state index contributed by atoms with van der Waals surface area (Å²) in [6, 6.07) is 16.0. The Balaban J connectivity index is 2.15. The summed E-state index contributed by atoms with van der Waals surface area (Å²) in [5.74, 6) is -0.402. The van der Waals surface area contributed by atoms with Gasteiger partial charge >= 0.3 is 6.09 Å². The average Bonchev–Trinajstić information content (AvgIpc) is 2.65. The Morgan fingerprint density at radius 2 is 1.73 bits per heavy atom. The minimum absolute atomic E-state index is 0.402. The molecule has 1 unspecified atom stereocenters. The number of carbonyl (C=O) groups is 2. The van der Waals surface area contributed by atoms with Crippen molar-refractivity contribution in [2.75, 3.05) is 5.32 Å². The second-order valence-electron chi connectivity index (χ2n) is 4.91. The van der Waals surface area contributed by atoms with Crippen molar-refractivity contribution in [1.82, 2.24) is 5.32 Å².